The number of nitrogens with two attached hydrogens (primary N) is 1. The molecular formula is C25H28N2O. The Morgan fingerprint density at radius 1 is 1.11 bits per heavy atom. The maximum absolute atomic E-state index is 12.9. The molecule has 2 bridgehead atoms. The van der Waals surface area contributed by atoms with Crippen molar-refractivity contribution in [1.82, 2.24) is 5.32 Å². The molecular weight excluding hydrogens is 344 g/mol. The highest BCUT2D eigenvalue weighted by atomic mass is 16.1. The zero-order valence-electron chi connectivity index (χ0n) is 16.3. The Kier molecular flexibility index (Phi) is 4.36. The van der Waals surface area contributed by atoms with Crippen LogP contribution >= 0.6 is 0 Å². The highest BCUT2D eigenvalue weighted by Crippen LogP contribution is 2.54. The smallest absolute Gasteiger partial charge is 0.187 e. The Labute approximate surface area is 167 Å². The summed E-state index contributed by atoms with van der Waals surface area (Å²) >= 11 is 0. The summed E-state index contributed by atoms with van der Waals surface area (Å²) in [6, 6.07) is 14.6. The van der Waals surface area contributed by atoms with Gasteiger partial charge in [-0.15, -0.1) is 0 Å². The minimum Gasteiger partial charge on any atom is -0.398 e. The number of ketones is 1. The Bertz CT molecular complexity index is 929. The summed E-state index contributed by atoms with van der Waals surface area (Å²) < 4.78 is 0. The largest absolute Gasteiger partial charge is 0.398 e. The van der Waals surface area contributed by atoms with Gasteiger partial charge in [0.25, 0.3) is 0 Å². The predicted octanol–water partition coefficient (Wildman–Crippen LogP) is 4.51. The molecule has 0 radical (unpaired) electrons. The van der Waals surface area contributed by atoms with Crippen molar-refractivity contribution >= 4 is 17.5 Å². The lowest BCUT2D eigenvalue weighted by molar-refractivity contribution is 0.0799. The van der Waals surface area contributed by atoms with E-state index in [1.165, 1.54) is 43.2 Å². The molecule has 3 atom stereocenters. The molecule has 2 aromatic rings. The van der Waals surface area contributed by atoms with Crippen LogP contribution in [0.25, 0.3) is 6.08 Å². The maximum Gasteiger partial charge on any atom is 0.187 e. The number of hydrogen-bond donors (Lipinski definition) is 2. The number of fused-ring (bicyclic) bond motifs is 1. The lowest BCUT2D eigenvalue weighted by atomic mass is 9.52. The Morgan fingerprint density at radius 3 is 2.82 bits per heavy atom. The maximum atomic E-state index is 12.9. The van der Waals surface area contributed by atoms with E-state index in [1.54, 1.807) is 6.08 Å². The fourth-order valence-corrected chi connectivity index (χ4v) is 6.08. The number of allylic oxidation sites excluding steroid dienone is 1. The molecule has 0 spiro atoms. The minimum absolute atomic E-state index is 0.00876. The van der Waals surface area contributed by atoms with E-state index in [4.69, 9.17) is 5.73 Å². The Balaban J connectivity index is 1.52. The van der Waals surface area contributed by atoms with Gasteiger partial charge in [-0.1, -0.05) is 55.3 Å². The van der Waals surface area contributed by atoms with Crippen molar-refractivity contribution in [1.29, 1.82) is 0 Å². The van der Waals surface area contributed by atoms with Crippen LogP contribution in [0.3, 0.4) is 0 Å². The third-order valence-electron chi connectivity index (χ3n) is 7.37. The molecule has 0 aromatic heterocycles. The van der Waals surface area contributed by atoms with Gasteiger partial charge < -0.3 is 11.1 Å². The zero-order valence-corrected chi connectivity index (χ0v) is 16.3. The standard InChI is InChI=1S/C25H28N2O/c26-24-18(23(28)12-9-17-6-2-1-3-7-17)10-11-20-19(24)16-22-21-8-4-5-13-25(20,21)14-15-27-22/h1-3,6-7,9-12,21-22,27H,4-5,8,13-16,26H2/t21-,22+,25-/m0/s1. The summed E-state index contributed by atoms with van der Waals surface area (Å²) in [6.07, 6.45) is 10.9. The molecule has 3 heteroatoms. The van der Waals surface area contributed by atoms with Gasteiger partial charge >= 0.3 is 0 Å². The molecule has 28 heavy (non-hydrogen) atoms. The Morgan fingerprint density at radius 2 is 1.96 bits per heavy atom. The summed E-state index contributed by atoms with van der Waals surface area (Å²) in [4.78, 5) is 12.9. The van der Waals surface area contributed by atoms with Crippen LogP contribution in [0.2, 0.25) is 0 Å². The van der Waals surface area contributed by atoms with Crippen molar-refractivity contribution in [3.05, 3.63) is 70.8 Å². The zero-order chi connectivity index (χ0) is 19.1. The molecule has 1 saturated heterocycles. The normalized spacial score (nSPS) is 28.6. The summed E-state index contributed by atoms with van der Waals surface area (Å²) in [6.45, 7) is 1.10. The first-order valence-electron chi connectivity index (χ1n) is 10.6. The first-order chi connectivity index (χ1) is 13.7. The molecule has 2 aliphatic carbocycles. The second-order valence-electron chi connectivity index (χ2n) is 8.68. The first kappa shape index (κ1) is 17.7. The third-order valence-corrected chi connectivity index (χ3v) is 7.37. The lowest BCUT2D eigenvalue weighted by Gasteiger charge is -2.56. The van der Waals surface area contributed by atoms with Crippen molar-refractivity contribution in [3.8, 4) is 0 Å². The van der Waals surface area contributed by atoms with Gasteiger partial charge in [0.2, 0.25) is 0 Å². The predicted molar refractivity (Wildman–Crippen MR) is 114 cm³/mol. The SMILES string of the molecule is Nc1c(C(=O)C=Cc2ccccc2)ccc2c1C[C@H]1NCC[C@@]23CCCC[C@@H]13. The summed E-state index contributed by atoms with van der Waals surface area (Å²) in [7, 11) is 0. The number of nitrogens with one attached hydrogen (secondary N) is 1. The number of carbonyl (C=O) groups is 1. The molecule has 3 N–H and O–H groups in total. The number of rotatable bonds is 3. The van der Waals surface area contributed by atoms with Crippen LogP contribution in [0.5, 0.6) is 0 Å². The van der Waals surface area contributed by atoms with E-state index in [1.807, 2.05) is 42.5 Å². The van der Waals surface area contributed by atoms with E-state index in [0.717, 1.165) is 24.4 Å². The molecule has 2 aromatic carbocycles. The highest BCUT2D eigenvalue weighted by Gasteiger charge is 2.51. The van der Waals surface area contributed by atoms with Gasteiger partial charge in [-0.3, -0.25) is 4.79 Å². The molecule has 1 aliphatic heterocycles. The average Bonchev–Trinajstić information content (AvgIpc) is 2.73. The number of nitrogen functional groups attached to an aromatic ring is 1. The molecule has 0 unspecified atom stereocenters. The van der Waals surface area contributed by atoms with Crippen molar-refractivity contribution in [2.75, 3.05) is 12.3 Å². The monoisotopic (exact) mass is 372 g/mol. The second kappa shape index (κ2) is 6.89. The first-order valence-corrected chi connectivity index (χ1v) is 10.6. The fraction of sp³-hybridized carbons (Fsp3) is 0.400. The van der Waals surface area contributed by atoms with Crippen LogP contribution in [-0.2, 0) is 11.8 Å². The number of hydrogen-bond acceptors (Lipinski definition) is 3. The van der Waals surface area contributed by atoms with Crippen molar-refractivity contribution in [2.24, 2.45) is 5.92 Å². The molecule has 3 nitrogen and oxygen atoms in total. The molecule has 0 amide bonds. The third kappa shape index (κ3) is 2.72. The van der Waals surface area contributed by atoms with Crippen LogP contribution in [0.1, 0.15) is 59.2 Å². The van der Waals surface area contributed by atoms with Gasteiger partial charge in [0.1, 0.15) is 0 Å². The van der Waals surface area contributed by atoms with Crippen molar-refractivity contribution in [2.45, 2.75) is 50.0 Å². The number of carbonyl (C=O) groups excluding carboxylic acids is 1. The summed E-state index contributed by atoms with van der Waals surface area (Å²) in [5.74, 6) is 0.715. The van der Waals surface area contributed by atoms with Crippen LogP contribution < -0.4 is 11.1 Å². The van der Waals surface area contributed by atoms with E-state index in [9.17, 15) is 4.79 Å². The molecule has 144 valence electrons. The van der Waals surface area contributed by atoms with Gasteiger partial charge in [-0.2, -0.15) is 0 Å². The van der Waals surface area contributed by atoms with Gasteiger partial charge in [-0.05, 0) is 67.0 Å². The number of benzene rings is 2. The lowest BCUT2D eigenvalue weighted by Crippen LogP contribution is -2.59. The highest BCUT2D eigenvalue weighted by molar-refractivity contribution is 6.10. The molecule has 1 saturated carbocycles. The summed E-state index contributed by atoms with van der Waals surface area (Å²) in [5, 5.41) is 3.75. The van der Waals surface area contributed by atoms with E-state index < -0.39 is 0 Å². The number of piperidine rings is 1. The van der Waals surface area contributed by atoms with Gasteiger partial charge in [0.05, 0.1) is 0 Å². The molecule has 2 fully saturated rings. The molecule has 1 heterocycles. The molecule has 3 aliphatic rings. The Hall–Kier alpha value is -2.39. The van der Waals surface area contributed by atoms with Crippen LogP contribution in [0.4, 0.5) is 5.69 Å². The van der Waals surface area contributed by atoms with Crippen LogP contribution in [0, 0.1) is 5.92 Å². The van der Waals surface area contributed by atoms with E-state index in [-0.39, 0.29) is 11.2 Å². The second-order valence-corrected chi connectivity index (χ2v) is 8.68. The van der Waals surface area contributed by atoms with Crippen LogP contribution in [-0.4, -0.2) is 18.4 Å². The minimum atomic E-state index is -0.00876. The van der Waals surface area contributed by atoms with Gasteiger partial charge in [-0.25, -0.2) is 0 Å². The fourth-order valence-electron chi connectivity index (χ4n) is 6.08. The topological polar surface area (TPSA) is 55.1 Å². The van der Waals surface area contributed by atoms with E-state index in [0.29, 0.717) is 17.3 Å². The van der Waals surface area contributed by atoms with Gasteiger partial charge in [0.15, 0.2) is 5.78 Å². The van der Waals surface area contributed by atoms with E-state index >= 15 is 0 Å². The molecule has 5 rings (SSSR count). The van der Waals surface area contributed by atoms with E-state index in [2.05, 4.69) is 11.4 Å². The number of anilines is 1. The average molecular weight is 373 g/mol. The quantitative estimate of drug-likeness (QED) is 0.473. The van der Waals surface area contributed by atoms with Gasteiger partial charge in [0, 0.05) is 22.7 Å². The summed E-state index contributed by atoms with van der Waals surface area (Å²) in [5.41, 5.74) is 11.9. The van der Waals surface area contributed by atoms with Crippen LogP contribution in [0.15, 0.2) is 48.5 Å². The van der Waals surface area contributed by atoms with Crippen molar-refractivity contribution < 1.29 is 4.79 Å². The van der Waals surface area contributed by atoms with Crippen molar-refractivity contribution in [3.63, 3.8) is 0 Å².